The van der Waals surface area contributed by atoms with Crippen LogP contribution in [0.15, 0.2) is 22.8 Å². The number of rotatable bonds is 2. The first-order valence-electron chi connectivity index (χ1n) is 5.06. The zero-order chi connectivity index (χ0) is 12.6. The molecule has 1 unspecified atom stereocenters. The second-order valence-electron chi connectivity index (χ2n) is 3.70. The van der Waals surface area contributed by atoms with Crippen molar-refractivity contribution in [2.45, 2.75) is 13.0 Å². The van der Waals surface area contributed by atoms with E-state index in [-0.39, 0.29) is 11.7 Å². The van der Waals surface area contributed by atoms with Crippen LogP contribution in [0.5, 0.6) is 0 Å². The van der Waals surface area contributed by atoms with E-state index in [1.54, 1.807) is 4.40 Å². The number of fused-ring (bicyclic) bond motifs is 1. The summed E-state index contributed by atoms with van der Waals surface area (Å²) in [5.41, 5.74) is 6.78. The van der Waals surface area contributed by atoms with Crippen LogP contribution in [0.1, 0.15) is 29.3 Å². The van der Waals surface area contributed by atoms with E-state index in [2.05, 4.69) is 20.9 Å². The molecule has 1 atom stereocenters. The summed E-state index contributed by atoms with van der Waals surface area (Å²) in [6, 6.07) is 3.41. The molecule has 0 saturated carbocycles. The fourth-order valence-electron chi connectivity index (χ4n) is 1.65. The first kappa shape index (κ1) is 12.1. The largest absolute Gasteiger partial charge is 0.464 e. The van der Waals surface area contributed by atoms with Crippen LogP contribution in [0, 0.1) is 0 Å². The Labute approximate surface area is 107 Å². The van der Waals surface area contributed by atoms with E-state index in [1.165, 1.54) is 7.11 Å². The number of hydrogen-bond donors (Lipinski definition) is 1. The number of ether oxygens (including phenoxy) is 1. The van der Waals surface area contributed by atoms with E-state index in [1.807, 2.05) is 25.3 Å². The van der Waals surface area contributed by atoms with Gasteiger partial charge in [-0.05, 0) is 19.1 Å². The van der Waals surface area contributed by atoms with Crippen LogP contribution in [0.4, 0.5) is 0 Å². The minimum absolute atomic E-state index is 0.262. The zero-order valence-corrected chi connectivity index (χ0v) is 11.1. The van der Waals surface area contributed by atoms with E-state index < -0.39 is 5.97 Å². The zero-order valence-electron chi connectivity index (χ0n) is 9.48. The molecule has 17 heavy (non-hydrogen) atoms. The topological polar surface area (TPSA) is 69.6 Å². The molecule has 0 aromatic carbocycles. The summed E-state index contributed by atoms with van der Waals surface area (Å²) in [5, 5.41) is 0. The fraction of sp³-hybridized carbons (Fsp3) is 0.273. The van der Waals surface area contributed by atoms with E-state index in [9.17, 15) is 4.79 Å². The Morgan fingerprint density at radius 2 is 2.35 bits per heavy atom. The minimum Gasteiger partial charge on any atom is -0.464 e. The number of nitrogens with two attached hydrogens (primary N) is 1. The number of imidazole rings is 1. The van der Waals surface area contributed by atoms with Crippen molar-refractivity contribution < 1.29 is 9.53 Å². The number of carbonyl (C=O) groups excluding carboxylic acids is 1. The molecule has 0 aliphatic rings. The van der Waals surface area contributed by atoms with Gasteiger partial charge in [-0.1, -0.05) is 15.9 Å². The summed E-state index contributed by atoms with van der Waals surface area (Å²) in [4.78, 5) is 15.9. The van der Waals surface area contributed by atoms with Gasteiger partial charge in [0.25, 0.3) is 0 Å². The molecule has 0 aliphatic heterocycles. The van der Waals surface area contributed by atoms with Crippen LogP contribution in [-0.4, -0.2) is 22.5 Å². The molecular weight excluding hydrogens is 286 g/mol. The van der Waals surface area contributed by atoms with Crippen LogP contribution >= 0.6 is 15.9 Å². The van der Waals surface area contributed by atoms with Crippen molar-refractivity contribution in [1.82, 2.24) is 9.38 Å². The normalized spacial score (nSPS) is 12.7. The summed E-state index contributed by atoms with van der Waals surface area (Å²) >= 11 is 3.36. The summed E-state index contributed by atoms with van der Waals surface area (Å²) in [7, 11) is 1.33. The number of nitrogens with zero attached hydrogens (tertiary/aromatic N) is 2. The van der Waals surface area contributed by atoms with Crippen LogP contribution in [0.2, 0.25) is 0 Å². The van der Waals surface area contributed by atoms with Gasteiger partial charge in [0.05, 0.1) is 18.7 Å². The second kappa shape index (κ2) is 4.46. The Balaban J connectivity index is 2.75. The van der Waals surface area contributed by atoms with Gasteiger partial charge in [0.1, 0.15) is 5.82 Å². The van der Waals surface area contributed by atoms with E-state index >= 15 is 0 Å². The average molecular weight is 298 g/mol. The van der Waals surface area contributed by atoms with Gasteiger partial charge in [-0.25, -0.2) is 9.78 Å². The van der Waals surface area contributed by atoms with E-state index in [0.29, 0.717) is 11.3 Å². The number of aromatic nitrogens is 2. The van der Waals surface area contributed by atoms with Gasteiger partial charge in [-0.3, -0.25) is 0 Å². The molecule has 0 amide bonds. The highest BCUT2D eigenvalue weighted by molar-refractivity contribution is 9.10. The highest BCUT2D eigenvalue weighted by atomic mass is 79.9. The third-order valence-electron chi connectivity index (χ3n) is 2.42. The van der Waals surface area contributed by atoms with Gasteiger partial charge in [0.2, 0.25) is 0 Å². The lowest BCUT2D eigenvalue weighted by Crippen LogP contribution is -2.09. The lowest BCUT2D eigenvalue weighted by molar-refractivity contribution is 0.0597. The molecule has 90 valence electrons. The molecule has 0 radical (unpaired) electrons. The van der Waals surface area contributed by atoms with Gasteiger partial charge in [-0.15, -0.1) is 0 Å². The molecule has 2 rings (SSSR count). The first-order chi connectivity index (χ1) is 8.04. The minimum atomic E-state index is -0.465. The summed E-state index contributed by atoms with van der Waals surface area (Å²) < 4.78 is 7.37. The predicted octanol–water partition coefficient (Wildman–Crippen LogP) is 1.90. The standard InChI is InChI=1S/C11H12BrN3O2/c1-6(13)10-14-9(11(16)17-2)8-5-7(12)3-4-15(8)10/h3-6H,13H2,1-2H3. The molecular formula is C11H12BrN3O2. The van der Waals surface area contributed by atoms with Gasteiger partial charge < -0.3 is 14.9 Å². The SMILES string of the molecule is COC(=O)c1nc(C(C)N)n2ccc(Br)cc12. The summed E-state index contributed by atoms with van der Waals surface area (Å²) in [6.07, 6.45) is 1.82. The third kappa shape index (κ3) is 2.05. The van der Waals surface area contributed by atoms with Crippen molar-refractivity contribution >= 4 is 27.4 Å². The van der Waals surface area contributed by atoms with Gasteiger partial charge in [-0.2, -0.15) is 0 Å². The molecule has 0 bridgehead atoms. The van der Waals surface area contributed by atoms with Crippen molar-refractivity contribution in [3.05, 3.63) is 34.3 Å². The van der Waals surface area contributed by atoms with Crippen molar-refractivity contribution in [2.24, 2.45) is 5.73 Å². The maximum absolute atomic E-state index is 11.6. The van der Waals surface area contributed by atoms with Crippen LogP contribution in [0.25, 0.3) is 5.52 Å². The number of hydrogen-bond acceptors (Lipinski definition) is 4. The molecule has 5 nitrogen and oxygen atoms in total. The van der Waals surface area contributed by atoms with Crippen molar-refractivity contribution in [3.8, 4) is 0 Å². The Bertz CT molecular complexity index is 577. The van der Waals surface area contributed by atoms with Crippen molar-refractivity contribution in [1.29, 1.82) is 0 Å². The number of methoxy groups -OCH3 is 1. The Kier molecular flexibility index (Phi) is 3.17. The molecule has 2 aromatic rings. The van der Waals surface area contributed by atoms with Gasteiger partial charge >= 0.3 is 5.97 Å². The van der Waals surface area contributed by atoms with Crippen LogP contribution in [0.3, 0.4) is 0 Å². The second-order valence-corrected chi connectivity index (χ2v) is 4.61. The fourth-order valence-corrected chi connectivity index (χ4v) is 1.99. The smallest absolute Gasteiger partial charge is 0.358 e. The number of esters is 1. The highest BCUT2D eigenvalue weighted by Crippen LogP contribution is 2.21. The third-order valence-corrected chi connectivity index (χ3v) is 2.91. The lowest BCUT2D eigenvalue weighted by Gasteiger charge is -2.03. The van der Waals surface area contributed by atoms with Gasteiger partial charge in [0, 0.05) is 10.7 Å². The molecule has 2 N–H and O–H groups in total. The Morgan fingerprint density at radius 3 is 2.94 bits per heavy atom. The maximum atomic E-state index is 11.6. The summed E-state index contributed by atoms with van der Waals surface area (Å²) in [5.74, 6) is 0.167. The Hall–Kier alpha value is -1.40. The number of pyridine rings is 1. The molecule has 6 heteroatoms. The van der Waals surface area contributed by atoms with E-state index in [0.717, 1.165) is 4.47 Å². The maximum Gasteiger partial charge on any atom is 0.358 e. The van der Waals surface area contributed by atoms with Crippen LogP contribution < -0.4 is 5.73 Å². The number of halogens is 1. The quantitative estimate of drug-likeness (QED) is 0.860. The summed E-state index contributed by atoms with van der Waals surface area (Å²) in [6.45, 7) is 1.82. The highest BCUT2D eigenvalue weighted by Gasteiger charge is 2.19. The van der Waals surface area contributed by atoms with Crippen molar-refractivity contribution in [2.75, 3.05) is 7.11 Å². The average Bonchev–Trinajstić information content (AvgIpc) is 2.66. The molecule has 0 spiro atoms. The van der Waals surface area contributed by atoms with Crippen LogP contribution in [-0.2, 0) is 4.74 Å². The van der Waals surface area contributed by atoms with E-state index in [4.69, 9.17) is 10.5 Å². The molecule has 0 saturated heterocycles. The monoisotopic (exact) mass is 297 g/mol. The molecule has 0 fully saturated rings. The Morgan fingerprint density at radius 1 is 1.65 bits per heavy atom. The van der Waals surface area contributed by atoms with Gasteiger partial charge in [0.15, 0.2) is 5.69 Å². The predicted molar refractivity (Wildman–Crippen MR) is 66.8 cm³/mol. The number of carbonyl (C=O) groups is 1. The molecule has 0 aliphatic carbocycles. The molecule has 2 heterocycles. The van der Waals surface area contributed by atoms with Crippen molar-refractivity contribution in [3.63, 3.8) is 0 Å². The first-order valence-corrected chi connectivity index (χ1v) is 5.85. The lowest BCUT2D eigenvalue weighted by atomic mass is 10.3. The molecule has 2 aromatic heterocycles.